The molecule has 3 rings (SSSR count). The zero-order valence-electron chi connectivity index (χ0n) is 9.10. The molecule has 1 aliphatic rings. The van der Waals surface area contributed by atoms with Crippen LogP contribution in [0.2, 0.25) is 0 Å². The normalized spacial score (nSPS) is 18.3. The van der Waals surface area contributed by atoms with Crippen molar-refractivity contribution in [1.29, 1.82) is 0 Å². The van der Waals surface area contributed by atoms with Crippen LogP contribution in [-0.2, 0) is 12.8 Å². The molecule has 17 heavy (non-hydrogen) atoms. The Labute approximate surface area is 109 Å². The lowest BCUT2D eigenvalue weighted by Crippen LogP contribution is -1.92. The van der Waals surface area contributed by atoms with Gasteiger partial charge in [0.1, 0.15) is 0 Å². The van der Waals surface area contributed by atoms with E-state index in [0.717, 1.165) is 6.42 Å². The van der Waals surface area contributed by atoms with Crippen LogP contribution in [0.1, 0.15) is 22.6 Å². The minimum Gasteiger partial charge on any atom is -0.424 e. The molecule has 2 heterocycles. The molecule has 0 amide bonds. The van der Waals surface area contributed by atoms with Crippen LogP contribution < -0.4 is 0 Å². The molecule has 0 bridgehead atoms. The molecule has 1 atom stereocenters. The Kier molecular flexibility index (Phi) is 3.07. The molecule has 0 spiro atoms. The number of fused-ring (bicyclic) bond motifs is 1. The van der Waals surface area contributed by atoms with Crippen LogP contribution in [0.5, 0.6) is 0 Å². The van der Waals surface area contributed by atoms with Gasteiger partial charge < -0.3 is 4.42 Å². The number of nitrogens with zero attached hydrogens (tertiary/aromatic N) is 2. The first kappa shape index (κ1) is 11.1. The lowest BCUT2D eigenvalue weighted by molar-refractivity contribution is 0.452. The number of aromatic nitrogens is 2. The Morgan fingerprint density at radius 3 is 3.06 bits per heavy atom. The van der Waals surface area contributed by atoms with E-state index in [-0.39, 0.29) is 5.25 Å². The second kappa shape index (κ2) is 4.70. The van der Waals surface area contributed by atoms with E-state index in [4.69, 9.17) is 16.0 Å². The molecular weight excluding hydrogens is 256 g/mol. The maximum absolute atomic E-state index is 5.64. The SMILES string of the molecule is ClCCc1nnc(C2Cc3ccccc3S2)o1. The summed E-state index contributed by atoms with van der Waals surface area (Å²) in [6.07, 6.45) is 1.60. The molecule has 1 aromatic heterocycles. The van der Waals surface area contributed by atoms with Gasteiger partial charge in [0.05, 0.1) is 5.25 Å². The molecule has 0 N–H and O–H groups in total. The lowest BCUT2D eigenvalue weighted by Gasteiger charge is -2.00. The molecule has 0 fully saturated rings. The number of rotatable bonds is 3. The van der Waals surface area contributed by atoms with Gasteiger partial charge in [-0.3, -0.25) is 0 Å². The van der Waals surface area contributed by atoms with Crippen LogP contribution in [-0.4, -0.2) is 16.1 Å². The first-order valence-corrected chi connectivity index (χ1v) is 6.91. The molecule has 1 aliphatic heterocycles. The lowest BCUT2D eigenvalue weighted by atomic mass is 10.1. The Bertz CT molecular complexity index is 504. The van der Waals surface area contributed by atoms with Crippen molar-refractivity contribution in [2.45, 2.75) is 23.0 Å². The maximum atomic E-state index is 5.64. The highest BCUT2D eigenvalue weighted by molar-refractivity contribution is 7.99. The number of alkyl halides is 1. The summed E-state index contributed by atoms with van der Waals surface area (Å²) < 4.78 is 5.61. The van der Waals surface area contributed by atoms with E-state index in [1.807, 2.05) is 0 Å². The van der Waals surface area contributed by atoms with Crippen LogP contribution in [0.4, 0.5) is 0 Å². The van der Waals surface area contributed by atoms with Gasteiger partial charge in [0.25, 0.3) is 0 Å². The Hall–Kier alpha value is -1.00. The summed E-state index contributed by atoms with van der Waals surface area (Å²) in [4.78, 5) is 1.31. The molecule has 0 radical (unpaired) electrons. The van der Waals surface area contributed by atoms with Gasteiger partial charge in [-0.1, -0.05) is 18.2 Å². The van der Waals surface area contributed by atoms with E-state index in [9.17, 15) is 0 Å². The summed E-state index contributed by atoms with van der Waals surface area (Å²) >= 11 is 7.44. The Morgan fingerprint density at radius 2 is 2.24 bits per heavy atom. The zero-order chi connectivity index (χ0) is 11.7. The number of hydrogen-bond acceptors (Lipinski definition) is 4. The third kappa shape index (κ3) is 2.19. The van der Waals surface area contributed by atoms with E-state index >= 15 is 0 Å². The molecule has 1 aromatic carbocycles. The first-order chi connectivity index (χ1) is 8.36. The van der Waals surface area contributed by atoms with Gasteiger partial charge in [0, 0.05) is 17.2 Å². The van der Waals surface area contributed by atoms with Crippen molar-refractivity contribution < 1.29 is 4.42 Å². The van der Waals surface area contributed by atoms with Crippen LogP contribution in [0.15, 0.2) is 33.6 Å². The Morgan fingerprint density at radius 1 is 1.35 bits per heavy atom. The largest absolute Gasteiger partial charge is 0.424 e. The van der Waals surface area contributed by atoms with Crippen LogP contribution >= 0.6 is 23.4 Å². The van der Waals surface area contributed by atoms with E-state index in [2.05, 4.69) is 34.5 Å². The molecular formula is C12H11ClN2OS. The van der Waals surface area contributed by atoms with Gasteiger partial charge in [-0.15, -0.1) is 33.6 Å². The fourth-order valence-corrected chi connectivity index (χ4v) is 3.29. The highest BCUT2D eigenvalue weighted by atomic mass is 35.5. The summed E-state index contributed by atoms with van der Waals surface area (Å²) in [6.45, 7) is 0. The van der Waals surface area contributed by atoms with Gasteiger partial charge in [0.15, 0.2) is 0 Å². The van der Waals surface area contributed by atoms with Gasteiger partial charge >= 0.3 is 0 Å². The van der Waals surface area contributed by atoms with Gasteiger partial charge in [0.2, 0.25) is 11.8 Å². The fraction of sp³-hybridized carbons (Fsp3) is 0.333. The second-order valence-corrected chi connectivity index (χ2v) is 5.51. The van der Waals surface area contributed by atoms with E-state index in [1.165, 1.54) is 10.5 Å². The van der Waals surface area contributed by atoms with Crippen molar-refractivity contribution >= 4 is 23.4 Å². The average Bonchev–Trinajstić information content (AvgIpc) is 2.94. The van der Waals surface area contributed by atoms with Crippen molar-refractivity contribution in [3.05, 3.63) is 41.6 Å². The number of halogens is 1. The first-order valence-electron chi connectivity index (χ1n) is 5.49. The molecule has 0 saturated carbocycles. The number of thioether (sulfide) groups is 1. The summed E-state index contributed by atoms with van der Waals surface area (Å²) in [7, 11) is 0. The highest BCUT2D eigenvalue weighted by Crippen LogP contribution is 2.45. The minimum atomic E-state index is 0.254. The van der Waals surface area contributed by atoms with Crippen LogP contribution in [0, 0.1) is 0 Å². The smallest absolute Gasteiger partial charge is 0.230 e. The van der Waals surface area contributed by atoms with E-state index in [1.54, 1.807) is 11.8 Å². The zero-order valence-corrected chi connectivity index (χ0v) is 10.7. The van der Waals surface area contributed by atoms with Gasteiger partial charge in [-0.05, 0) is 18.1 Å². The monoisotopic (exact) mass is 266 g/mol. The quantitative estimate of drug-likeness (QED) is 0.800. The molecule has 3 nitrogen and oxygen atoms in total. The van der Waals surface area contributed by atoms with Crippen LogP contribution in [0.25, 0.3) is 0 Å². The maximum Gasteiger partial charge on any atom is 0.230 e. The van der Waals surface area contributed by atoms with Crippen molar-refractivity contribution in [2.24, 2.45) is 0 Å². The van der Waals surface area contributed by atoms with Crippen molar-refractivity contribution in [1.82, 2.24) is 10.2 Å². The topological polar surface area (TPSA) is 38.9 Å². The number of aryl methyl sites for hydroxylation is 1. The summed E-state index contributed by atoms with van der Waals surface area (Å²) in [5, 5.41) is 8.36. The van der Waals surface area contributed by atoms with Crippen molar-refractivity contribution in [2.75, 3.05) is 5.88 Å². The number of hydrogen-bond donors (Lipinski definition) is 0. The highest BCUT2D eigenvalue weighted by Gasteiger charge is 2.27. The van der Waals surface area contributed by atoms with Gasteiger partial charge in [-0.25, -0.2) is 0 Å². The molecule has 5 heteroatoms. The second-order valence-electron chi connectivity index (χ2n) is 3.89. The predicted molar refractivity (Wildman–Crippen MR) is 67.5 cm³/mol. The molecule has 2 aromatic rings. The van der Waals surface area contributed by atoms with E-state index < -0.39 is 0 Å². The number of benzene rings is 1. The van der Waals surface area contributed by atoms with E-state index in [0.29, 0.717) is 24.1 Å². The predicted octanol–water partition coefficient (Wildman–Crippen LogP) is 3.24. The van der Waals surface area contributed by atoms with Crippen molar-refractivity contribution in [3.8, 4) is 0 Å². The summed E-state index contributed by atoms with van der Waals surface area (Å²) in [6, 6.07) is 8.41. The minimum absolute atomic E-state index is 0.254. The summed E-state index contributed by atoms with van der Waals surface area (Å²) in [5.74, 6) is 1.86. The van der Waals surface area contributed by atoms with Crippen molar-refractivity contribution in [3.63, 3.8) is 0 Å². The average molecular weight is 267 g/mol. The molecule has 1 unspecified atom stereocenters. The van der Waals surface area contributed by atoms with Crippen LogP contribution in [0.3, 0.4) is 0 Å². The summed E-state index contributed by atoms with van der Waals surface area (Å²) in [5.41, 5.74) is 1.36. The molecule has 0 aliphatic carbocycles. The standard InChI is InChI=1S/C12H11ClN2OS/c13-6-5-11-14-15-12(16-11)10-7-8-3-1-2-4-9(8)17-10/h1-4,10H,5-7H2. The molecule has 0 saturated heterocycles. The Balaban J connectivity index is 1.79. The molecule has 88 valence electrons. The fourth-order valence-electron chi connectivity index (χ4n) is 1.90. The van der Waals surface area contributed by atoms with Gasteiger partial charge in [-0.2, -0.15) is 0 Å². The third-order valence-corrected chi connectivity index (χ3v) is 4.21. The third-order valence-electron chi connectivity index (χ3n) is 2.71.